The van der Waals surface area contributed by atoms with Crippen LogP contribution in [-0.4, -0.2) is 38.7 Å². The van der Waals surface area contributed by atoms with Gasteiger partial charge in [-0.3, -0.25) is 14.9 Å². The van der Waals surface area contributed by atoms with Crippen molar-refractivity contribution in [1.82, 2.24) is 20.1 Å². The number of carbonyl (C=O) groups excluding carboxylic acids is 1. The van der Waals surface area contributed by atoms with Gasteiger partial charge >= 0.3 is 0 Å². The minimum atomic E-state index is -0.443. The fraction of sp³-hybridized carbons (Fsp3) is 0.250. The van der Waals surface area contributed by atoms with Gasteiger partial charge in [0.1, 0.15) is 5.69 Å². The van der Waals surface area contributed by atoms with E-state index in [9.17, 15) is 14.9 Å². The maximum atomic E-state index is 12.7. The number of rotatable bonds is 8. The van der Waals surface area contributed by atoms with E-state index < -0.39 is 4.92 Å². The second-order valence-electron chi connectivity index (χ2n) is 6.65. The summed E-state index contributed by atoms with van der Waals surface area (Å²) in [6, 6.07) is 11.9. The molecule has 29 heavy (non-hydrogen) atoms. The quantitative estimate of drug-likeness (QED) is 0.345. The number of amides is 1. The lowest BCUT2D eigenvalue weighted by Gasteiger charge is -2.12. The van der Waals surface area contributed by atoms with Gasteiger partial charge in [0.15, 0.2) is 5.82 Å². The molecule has 0 spiro atoms. The highest BCUT2D eigenvalue weighted by Crippen LogP contribution is 2.23. The van der Waals surface area contributed by atoms with Crippen molar-refractivity contribution >= 4 is 17.3 Å². The summed E-state index contributed by atoms with van der Waals surface area (Å²) < 4.78 is 1.67. The molecule has 2 N–H and O–H groups in total. The van der Waals surface area contributed by atoms with Gasteiger partial charge < -0.3 is 10.6 Å². The van der Waals surface area contributed by atoms with Crippen molar-refractivity contribution in [2.45, 2.75) is 19.8 Å². The highest BCUT2D eigenvalue weighted by Gasteiger charge is 2.21. The van der Waals surface area contributed by atoms with Crippen LogP contribution in [0, 0.1) is 10.1 Å². The zero-order chi connectivity index (χ0) is 20.8. The third kappa shape index (κ3) is 4.57. The van der Waals surface area contributed by atoms with E-state index in [-0.39, 0.29) is 17.5 Å². The van der Waals surface area contributed by atoms with Crippen molar-refractivity contribution in [3.63, 3.8) is 0 Å². The normalized spacial score (nSPS) is 10.7. The van der Waals surface area contributed by atoms with Crippen molar-refractivity contribution in [1.29, 1.82) is 0 Å². The minimum absolute atomic E-state index is 0.00226. The van der Waals surface area contributed by atoms with Crippen molar-refractivity contribution in [2.75, 3.05) is 18.4 Å². The highest BCUT2D eigenvalue weighted by atomic mass is 16.6. The summed E-state index contributed by atoms with van der Waals surface area (Å²) >= 11 is 0. The average molecular weight is 394 g/mol. The van der Waals surface area contributed by atoms with Crippen LogP contribution in [-0.2, 0) is 0 Å². The van der Waals surface area contributed by atoms with Crippen LogP contribution in [0.15, 0.2) is 54.9 Å². The van der Waals surface area contributed by atoms with E-state index in [0.717, 1.165) is 5.69 Å². The molecule has 0 aliphatic rings. The predicted octanol–water partition coefficient (Wildman–Crippen LogP) is 3.14. The molecule has 1 aromatic carbocycles. The standard InChI is InChI=1S/C20H22N6O3/c1-14(2)19-15(13-24-25(19)18-9-5-6-10-22-18)20(27)23-12-11-21-16-7-3-4-8-17(16)26(28)29/h3-10,13-14,21H,11-12H2,1-2H3,(H,23,27). The molecule has 0 saturated carbocycles. The van der Waals surface area contributed by atoms with Gasteiger partial charge in [0.05, 0.1) is 22.4 Å². The SMILES string of the molecule is CC(C)c1c(C(=O)NCCNc2ccccc2[N+](=O)[O-])cnn1-c1ccccn1. The number of para-hydroxylation sites is 2. The van der Waals surface area contributed by atoms with E-state index in [1.165, 1.54) is 12.3 Å². The molecule has 0 aliphatic carbocycles. The third-order valence-electron chi connectivity index (χ3n) is 4.29. The Labute approximate surface area is 167 Å². The van der Waals surface area contributed by atoms with Gasteiger partial charge in [-0.1, -0.05) is 32.0 Å². The van der Waals surface area contributed by atoms with Crippen LogP contribution in [0.3, 0.4) is 0 Å². The Morgan fingerprint density at radius 1 is 1.17 bits per heavy atom. The summed E-state index contributed by atoms with van der Waals surface area (Å²) in [5, 5.41) is 21.2. The second kappa shape index (κ2) is 8.96. The zero-order valence-corrected chi connectivity index (χ0v) is 16.2. The maximum absolute atomic E-state index is 12.7. The number of nitrogens with one attached hydrogen (secondary N) is 2. The molecular formula is C20H22N6O3. The lowest BCUT2D eigenvalue weighted by atomic mass is 10.1. The van der Waals surface area contributed by atoms with E-state index in [0.29, 0.717) is 30.2 Å². The van der Waals surface area contributed by atoms with Gasteiger partial charge in [0.2, 0.25) is 0 Å². The molecule has 9 heteroatoms. The minimum Gasteiger partial charge on any atom is -0.378 e. The molecular weight excluding hydrogens is 372 g/mol. The van der Waals surface area contributed by atoms with Gasteiger partial charge in [-0.15, -0.1) is 0 Å². The molecule has 0 atom stereocenters. The van der Waals surface area contributed by atoms with Gasteiger partial charge in [0, 0.05) is 25.4 Å². The van der Waals surface area contributed by atoms with Crippen LogP contribution in [0.1, 0.15) is 35.8 Å². The molecule has 2 heterocycles. The largest absolute Gasteiger partial charge is 0.378 e. The van der Waals surface area contributed by atoms with Crippen molar-refractivity contribution < 1.29 is 9.72 Å². The van der Waals surface area contributed by atoms with Crippen LogP contribution in [0.2, 0.25) is 0 Å². The number of hydrogen-bond donors (Lipinski definition) is 2. The molecule has 150 valence electrons. The molecule has 3 rings (SSSR count). The summed E-state index contributed by atoms with van der Waals surface area (Å²) in [5.74, 6) is 0.457. The Morgan fingerprint density at radius 2 is 1.93 bits per heavy atom. The van der Waals surface area contributed by atoms with E-state index >= 15 is 0 Å². The number of hydrogen-bond acceptors (Lipinski definition) is 6. The maximum Gasteiger partial charge on any atom is 0.292 e. The van der Waals surface area contributed by atoms with E-state index in [4.69, 9.17) is 0 Å². The van der Waals surface area contributed by atoms with E-state index in [2.05, 4.69) is 20.7 Å². The number of anilines is 1. The summed E-state index contributed by atoms with van der Waals surface area (Å²) in [6.07, 6.45) is 3.21. The Kier molecular flexibility index (Phi) is 6.18. The van der Waals surface area contributed by atoms with Crippen LogP contribution >= 0.6 is 0 Å². The lowest BCUT2D eigenvalue weighted by Crippen LogP contribution is -2.29. The Morgan fingerprint density at radius 3 is 2.62 bits per heavy atom. The first-order valence-electron chi connectivity index (χ1n) is 9.24. The Bertz CT molecular complexity index is 1000. The van der Waals surface area contributed by atoms with Crippen molar-refractivity contribution in [2.24, 2.45) is 0 Å². The molecule has 9 nitrogen and oxygen atoms in total. The van der Waals surface area contributed by atoms with Crippen LogP contribution in [0.25, 0.3) is 5.82 Å². The molecule has 3 aromatic rings. The van der Waals surface area contributed by atoms with Gasteiger partial charge in [0.25, 0.3) is 11.6 Å². The number of nitro benzene ring substituents is 1. The average Bonchev–Trinajstić information content (AvgIpc) is 3.17. The van der Waals surface area contributed by atoms with E-state index in [1.54, 1.807) is 29.1 Å². The zero-order valence-electron chi connectivity index (χ0n) is 16.2. The Hall–Kier alpha value is -3.75. The monoisotopic (exact) mass is 394 g/mol. The first kappa shape index (κ1) is 20.0. The topological polar surface area (TPSA) is 115 Å². The molecule has 0 bridgehead atoms. The van der Waals surface area contributed by atoms with Gasteiger partial charge in [-0.05, 0) is 24.1 Å². The van der Waals surface area contributed by atoms with E-state index in [1.807, 2.05) is 32.0 Å². The fourth-order valence-electron chi connectivity index (χ4n) is 3.00. The number of carbonyl (C=O) groups is 1. The van der Waals surface area contributed by atoms with Crippen LogP contribution in [0.5, 0.6) is 0 Å². The molecule has 1 amide bonds. The van der Waals surface area contributed by atoms with Gasteiger partial charge in [-0.2, -0.15) is 5.10 Å². The lowest BCUT2D eigenvalue weighted by molar-refractivity contribution is -0.384. The number of nitro groups is 1. The summed E-state index contributed by atoms with van der Waals surface area (Å²) in [4.78, 5) is 27.6. The third-order valence-corrected chi connectivity index (χ3v) is 4.29. The smallest absolute Gasteiger partial charge is 0.292 e. The van der Waals surface area contributed by atoms with Crippen LogP contribution < -0.4 is 10.6 Å². The number of pyridine rings is 1. The highest BCUT2D eigenvalue weighted by molar-refractivity contribution is 5.95. The predicted molar refractivity (Wildman–Crippen MR) is 109 cm³/mol. The van der Waals surface area contributed by atoms with Crippen molar-refractivity contribution in [3.05, 3.63) is 76.2 Å². The Balaban J connectivity index is 1.66. The van der Waals surface area contributed by atoms with Gasteiger partial charge in [-0.25, -0.2) is 9.67 Å². The number of benzene rings is 1. The molecule has 2 aromatic heterocycles. The fourth-order valence-corrected chi connectivity index (χ4v) is 3.00. The summed E-state index contributed by atoms with van der Waals surface area (Å²) in [6.45, 7) is 4.63. The number of nitrogens with zero attached hydrogens (tertiary/aromatic N) is 4. The summed E-state index contributed by atoms with van der Waals surface area (Å²) in [5.41, 5.74) is 1.67. The first-order valence-corrected chi connectivity index (χ1v) is 9.24. The van der Waals surface area contributed by atoms with Crippen LogP contribution in [0.4, 0.5) is 11.4 Å². The van der Waals surface area contributed by atoms with Crippen molar-refractivity contribution in [3.8, 4) is 5.82 Å². The molecule has 0 aliphatic heterocycles. The molecule has 0 fully saturated rings. The molecule has 0 radical (unpaired) electrons. The first-order chi connectivity index (χ1) is 14.0. The molecule has 0 saturated heterocycles. The number of aromatic nitrogens is 3. The molecule has 0 unspecified atom stereocenters. The summed E-state index contributed by atoms with van der Waals surface area (Å²) in [7, 11) is 0. The second-order valence-corrected chi connectivity index (χ2v) is 6.65.